The Kier molecular flexibility index (Phi) is 10.3. The van der Waals surface area contributed by atoms with Gasteiger partial charge in [-0.05, 0) is 52.5 Å². The van der Waals surface area contributed by atoms with Gasteiger partial charge in [-0.2, -0.15) is 0 Å². The molecule has 0 saturated carbocycles. The molecule has 3 atom stereocenters. The van der Waals surface area contributed by atoms with Crippen molar-refractivity contribution in [2.24, 2.45) is 17.3 Å². The summed E-state index contributed by atoms with van der Waals surface area (Å²) in [7, 11) is 0. The van der Waals surface area contributed by atoms with Crippen molar-refractivity contribution in [3.05, 3.63) is 32.8 Å². The van der Waals surface area contributed by atoms with E-state index in [0.29, 0.717) is 43.7 Å². The highest BCUT2D eigenvalue weighted by Gasteiger charge is 2.32. The molecule has 1 aromatic rings. The van der Waals surface area contributed by atoms with Crippen LogP contribution in [0.2, 0.25) is 0 Å². The normalized spacial score (nSPS) is 27.3. The van der Waals surface area contributed by atoms with E-state index in [4.69, 9.17) is 16.3 Å². The first-order chi connectivity index (χ1) is 15.0. The first-order valence-corrected chi connectivity index (χ1v) is 12.9. The van der Waals surface area contributed by atoms with E-state index >= 15 is 0 Å². The molecule has 178 valence electrons. The molecule has 1 aliphatic rings. The third-order valence-corrected chi connectivity index (χ3v) is 7.47. The molecule has 3 unspecified atom stereocenters. The molecule has 2 heterocycles. The van der Waals surface area contributed by atoms with Gasteiger partial charge < -0.3 is 4.74 Å². The molecule has 0 N–H and O–H groups in total. The molecule has 0 aromatic carbocycles. The average Bonchev–Trinajstić information content (AvgIpc) is 3.12. The Bertz CT molecular complexity index is 855. The maximum absolute atomic E-state index is 13.0. The third kappa shape index (κ3) is 8.57. The molecular formula is C26H38ClNO3S. The standard InChI is InChI=1S/C26H38ClNO3S/c1-17-7-8-21(24(27)15-22-16-32-20(4)28-22)14-23(29)9-11-26(5,6)25(30)18(2)13-19(3)31-12-10-17/h7,15-16,18-19,21H,8-14H2,1-6H3. The fraction of sp³-hybridized carbons (Fsp3) is 0.654. The fourth-order valence-corrected chi connectivity index (χ4v) is 5.01. The number of ketones is 2. The van der Waals surface area contributed by atoms with E-state index in [-0.39, 0.29) is 29.5 Å². The minimum Gasteiger partial charge on any atom is -0.378 e. The van der Waals surface area contributed by atoms with E-state index in [2.05, 4.69) is 18.0 Å². The molecule has 0 bridgehead atoms. The maximum Gasteiger partial charge on any atom is 0.141 e. The summed E-state index contributed by atoms with van der Waals surface area (Å²) in [5.41, 5.74) is 1.53. The number of carbonyl (C=O) groups excluding carboxylic acids is 2. The topological polar surface area (TPSA) is 56.3 Å². The van der Waals surface area contributed by atoms with E-state index in [0.717, 1.165) is 17.1 Å². The second-order valence-electron chi connectivity index (χ2n) is 9.86. The summed E-state index contributed by atoms with van der Waals surface area (Å²) < 4.78 is 5.98. The van der Waals surface area contributed by atoms with E-state index < -0.39 is 5.41 Å². The number of carbonyl (C=O) groups is 2. The first-order valence-electron chi connectivity index (χ1n) is 11.6. The highest BCUT2D eigenvalue weighted by Crippen LogP contribution is 2.32. The Morgan fingerprint density at radius 1 is 1.25 bits per heavy atom. The molecule has 2 rings (SSSR count). The lowest BCUT2D eigenvalue weighted by Crippen LogP contribution is -2.32. The van der Waals surface area contributed by atoms with Gasteiger partial charge in [-0.3, -0.25) is 9.59 Å². The van der Waals surface area contributed by atoms with Gasteiger partial charge >= 0.3 is 0 Å². The summed E-state index contributed by atoms with van der Waals surface area (Å²) in [5.74, 6) is 0.176. The van der Waals surface area contributed by atoms with Crippen molar-refractivity contribution in [1.29, 1.82) is 0 Å². The number of aromatic nitrogens is 1. The molecule has 0 amide bonds. The Morgan fingerprint density at radius 3 is 2.62 bits per heavy atom. The largest absolute Gasteiger partial charge is 0.378 e. The predicted molar refractivity (Wildman–Crippen MR) is 134 cm³/mol. The predicted octanol–water partition coefficient (Wildman–Crippen LogP) is 7.15. The van der Waals surface area contributed by atoms with Crippen molar-refractivity contribution in [3.8, 4) is 0 Å². The molecule has 0 aliphatic carbocycles. The van der Waals surface area contributed by atoms with Crippen molar-refractivity contribution in [2.75, 3.05) is 6.61 Å². The Hall–Kier alpha value is -1.30. The minimum atomic E-state index is -0.532. The number of hydrogen-bond acceptors (Lipinski definition) is 5. The lowest BCUT2D eigenvalue weighted by atomic mass is 9.76. The van der Waals surface area contributed by atoms with Crippen LogP contribution in [0.1, 0.15) is 83.8 Å². The number of thiazole rings is 1. The molecule has 32 heavy (non-hydrogen) atoms. The molecule has 6 heteroatoms. The van der Waals surface area contributed by atoms with E-state index in [1.54, 1.807) is 11.3 Å². The minimum absolute atomic E-state index is 0.0266. The number of Topliss-reactive ketones (excluding diaryl/α,β-unsaturated/α-hetero) is 2. The Balaban J connectivity index is 2.23. The number of ether oxygens (including phenoxy) is 1. The quantitative estimate of drug-likeness (QED) is 0.422. The van der Waals surface area contributed by atoms with Crippen LogP contribution in [0.4, 0.5) is 0 Å². The van der Waals surface area contributed by atoms with Gasteiger partial charge in [-0.25, -0.2) is 4.98 Å². The van der Waals surface area contributed by atoms with Gasteiger partial charge in [-0.15, -0.1) is 11.3 Å². The van der Waals surface area contributed by atoms with Gasteiger partial charge in [0, 0.05) is 40.5 Å². The summed E-state index contributed by atoms with van der Waals surface area (Å²) >= 11 is 8.28. The van der Waals surface area contributed by atoms with Crippen molar-refractivity contribution in [3.63, 3.8) is 0 Å². The summed E-state index contributed by atoms with van der Waals surface area (Å²) in [4.78, 5) is 30.4. The summed E-state index contributed by atoms with van der Waals surface area (Å²) in [6.45, 7) is 12.6. The smallest absolute Gasteiger partial charge is 0.141 e. The zero-order valence-corrected chi connectivity index (χ0v) is 21.9. The lowest BCUT2D eigenvalue weighted by molar-refractivity contribution is -0.132. The van der Waals surface area contributed by atoms with Gasteiger partial charge in [0.2, 0.25) is 0 Å². The van der Waals surface area contributed by atoms with Crippen LogP contribution in [0.3, 0.4) is 0 Å². The zero-order chi connectivity index (χ0) is 23.9. The molecule has 0 fully saturated rings. The summed E-state index contributed by atoms with van der Waals surface area (Å²) in [6.07, 6.45) is 7.62. The van der Waals surface area contributed by atoms with Crippen LogP contribution in [0.25, 0.3) is 6.08 Å². The van der Waals surface area contributed by atoms with Crippen LogP contribution >= 0.6 is 22.9 Å². The molecule has 0 spiro atoms. The zero-order valence-electron chi connectivity index (χ0n) is 20.4. The van der Waals surface area contributed by atoms with Crippen LogP contribution in [0, 0.1) is 24.2 Å². The van der Waals surface area contributed by atoms with Crippen molar-refractivity contribution < 1.29 is 14.3 Å². The second-order valence-corrected chi connectivity index (χ2v) is 11.4. The van der Waals surface area contributed by atoms with Gasteiger partial charge in [-0.1, -0.05) is 44.0 Å². The third-order valence-electron chi connectivity index (χ3n) is 6.27. The van der Waals surface area contributed by atoms with Crippen LogP contribution in [0.15, 0.2) is 22.1 Å². The molecule has 4 nitrogen and oxygen atoms in total. The number of rotatable bonds is 2. The van der Waals surface area contributed by atoms with E-state index in [9.17, 15) is 9.59 Å². The van der Waals surface area contributed by atoms with Crippen molar-refractivity contribution in [1.82, 2.24) is 4.98 Å². The van der Waals surface area contributed by atoms with Crippen molar-refractivity contribution >= 4 is 40.6 Å². The van der Waals surface area contributed by atoms with Gasteiger partial charge in [0.1, 0.15) is 11.6 Å². The number of aryl methyl sites for hydroxylation is 1. The number of hydrogen-bond donors (Lipinski definition) is 0. The SMILES string of the molecule is CC1=CCC(C(Cl)=Cc2csc(C)n2)CC(=O)CCC(C)(C)C(=O)C(C)CC(C)OCC1. The molecular weight excluding hydrogens is 442 g/mol. The molecule has 1 aliphatic heterocycles. The Morgan fingerprint density at radius 2 is 1.97 bits per heavy atom. The monoisotopic (exact) mass is 479 g/mol. The number of nitrogens with zero attached hydrogens (tertiary/aromatic N) is 1. The molecule has 1 aromatic heterocycles. The molecule has 0 saturated heterocycles. The van der Waals surface area contributed by atoms with Gasteiger partial charge in [0.25, 0.3) is 0 Å². The summed E-state index contributed by atoms with van der Waals surface area (Å²) in [5, 5.41) is 3.62. The van der Waals surface area contributed by atoms with E-state index in [1.807, 2.05) is 46.1 Å². The van der Waals surface area contributed by atoms with Crippen LogP contribution < -0.4 is 0 Å². The van der Waals surface area contributed by atoms with E-state index in [1.165, 1.54) is 5.57 Å². The van der Waals surface area contributed by atoms with Crippen LogP contribution in [0.5, 0.6) is 0 Å². The van der Waals surface area contributed by atoms with Crippen molar-refractivity contribution in [2.45, 2.75) is 86.2 Å². The molecule has 0 radical (unpaired) electrons. The number of allylic oxidation sites excluding steroid dienone is 2. The highest BCUT2D eigenvalue weighted by atomic mass is 35.5. The lowest BCUT2D eigenvalue weighted by Gasteiger charge is -2.28. The maximum atomic E-state index is 13.0. The van der Waals surface area contributed by atoms with Gasteiger partial charge in [0.15, 0.2) is 0 Å². The fourth-order valence-electron chi connectivity index (χ4n) is 4.16. The first kappa shape index (κ1) is 26.9. The van der Waals surface area contributed by atoms with Crippen LogP contribution in [-0.2, 0) is 14.3 Å². The van der Waals surface area contributed by atoms with Gasteiger partial charge in [0.05, 0.1) is 23.4 Å². The number of halogens is 1. The highest BCUT2D eigenvalue weighted by molar-refractivity contribution is 7.09. The van der Waals surface area contributed by atoms with Crippen LogP contribution in [-0.4, -0.2) is 29.3 Å². The average molecular weight is 480 g/mol. The Labute approximate surface area is 202 Å². The second kappa shape index (κ2) is 12.2. The summed E-state index contributed by atoms with van der Waals surface area (Å²) in [6, 6.07) is 0.